The molecule has 0 fully saturated rings. The molecule has 21 heavy (non-hydrogen) atoms. The van der Waals surface area contributed by atoms with E-state index in [2.05, 4.69) is 29.5 Å². The Kier molecular flexibility index (Phi) is 7.97. The number of aryl methyl sites for hydroxylation is 1. The fourth-order valence-electron chi connectivity index (χ4n) is 2.10. The van der Waals surface area contributed by atoms with Gasteiger partial charge < -0.3 is 11.1 Å². The molecule has 6 nitrogen and oxygen atoms in total. The van der Waals surface area contributed by atoms with Crippen molar-refractivity contribution >= 4 is 5.91 Å². The number of rotatable bonds is 10. The van der Waals surface area contributed by atoms with Gasteiger partial charge in [-0.3, -0.25) is 4.79 Å². The minimum Gasteiger partial charge on any atom is -0.352 e. The predicted molar refractivity (Wildman–Crippen MR) is 83.7 cm³/mol. The summed E-state index contributed by atoms with van der Waals surface area (Å²) >= 11 is 0. The molecule has 0 saturated heterocycles. The summed E-state index contributed by atoms with van der Waals surface area (Å²) in [6.07, 6.45) is 6.83. The Labute approximate surface area is 127 Å². The van der Waals surface area contributed by atoms with Crippen molar-refractivity contribution in [3.05, 3.63) is 11.9 Å². The molecule has 0 aliphatic rings. The molecule has 0 aromatic carbocycles. The highest BCUT2D eigenvalue weighted by Gasteiger charge is 2.10. The van der Waals surface area contributed by atoms with Crippen LogP contribution in [0.15, 0.2) is 6.20 Å². The van der Waals surface area contributed by atoms with Crippen molar-refractivity contribution in [3.63, 3.8) is 0 Å². The van der Waals surface area contributed by atoms with Gasteiger partial charge in [0.2, 0.25) is 5.91 Å². The van der Waals surface area contributed by atoms with Gasteiger partial charge in [-0.05, 0) is 51.5 Å². The summed E-state index contributed by atoms with van der Waals surface area (Å²) in [7, 11) is 0. The molecule has 6 heteroatoms. The van der Waals surface area contributed by atoms with Crippen LogP contribution < -0.4 is 11.1 Å². The van der Waals surface area contributed by atoms with Crippen molar-refractivity contribution in [2.75, 3.05) is 6.54 Å². The van der Waals surface area contributed by atoms with Crippen molar-refractivity contribution in [1.82, 2.24) is 20.3 Å². The molecule has 1 unspecified atom stereocenters. The molecular formula is C15H29N5O. The van der Waals surface area contributed by atoms with E-state index in [1.807, 2.05) is 13.1 Å². The fraction of sp³-hybridized carbons (Fsp3) is 0.800. The van der Waals surface area contributed by atoms with Crippen molar-refractivity contribution in [3.8, 4) is 0 Å². The van der Waals surface area contributed by atoms with Crippen molar-refractivity contribution < 1.29 is 4.79 Å². The Hall–Kier alpha value is -1.43. The SMILES string of the molecule is CC(C)CCC(C)NC(=O)Cn1cc(CCCCN)nn1. The molecule has 1 rings (SSSR count). The van der Waals surface area contributed by atoms with Gasteiger partial charge in [0.25, 0.3) is 0 Å². The van der Waals surface area contributed by atoms with Crippen LogP contribution in [0, 0.1) is 5.92 Å². The fourth-order valence-corrected chi connectivity index (χ4v) is 2.10. The van der Waals surface area contributed by atoms with Crippen molar-refractivity contribution in [2.24, 2.45) is 11.7 Å². The highest BCUT2D eigenvalue weighted by atomic mass is 16.2. The smallest absolute Gasteiger partial charge is 0.242 e. The maximum Gasteiger partial charge on any atom is 0.242 e. The molecule has 1 amide bonds. The summed E-state index contributed by atoms with van der Waals surface area (Å²) in [4.78, 5) is 11.9. The number of nitrogens with two attached hydrogens (primary N) is 1. The molecule has 3 N–H and O–H groups in total. The van der Waals surface area contributed by atoms with Gasteiger partial charge in [-0.2, -0.15) is 0 Å². The first kappa shape index (κ1) is 17.6. The first-order chi connectivity index (χ1) is 10.0. The second-order valence-electron chi connectivity index (χ2n) is 6.09. The van der Waals surface area contributed by atoms with Gasteiger partial charge in [0.1, 0.15) is 6.54 Å². The summed E-state index contributed by atoms with van der Waals surface area (Å²) in [5.74, 6) is 0.653. The van der Waals surface area contributed by atoms with E-state index in [1.54, 1.807) is 4.68 Å². The molecule has 120 valence electrons. The summed E-state index contributed by atoms with van der Waals surface area (Å²) in [6.45, 7) is 7.35. The molecule has 0 spiro atoms. The number of nitrogens with zero attached hydrogens (tertiary/aromatic N) is 3. The minimum absolute atomic E-state index is 0.00957. The number of amides is 1. The zero-order chi connectivity index (χ0) is 15.7. The van der Waals surface area contributed by atoms with E-state index in [0.717, 1.165) is 37.8 Å². The average Bonchev–Trinajstić information content (AvgIpc) is 2.84. The Morgan fingerprint density at radius 2 is 2.10 bits per heavy atom. The van der Waals surface area contributed by atoms with E-state index >= 15 is 0 Å². The molecule has 1 aromatic heterocycles. The molecule has 1 atom stereocenters. The number of aromatic nitrogens is 3. The number of unbranched alkanes of at least 4 members (excludes halogenated alkanes) is 1. The van der Waals surface area contributed by atoms with Crippen LogP contribution in [-0.4, -0.2) is 33.5 Å². The van der Waals surface area contributed by atoms with E-state index in [0.29, 0.717) is 12.5 Å². The molecule has 1 aromatic rings. The van der Waals surface area contributed by atoms with Crippen LogP contribution in [0.25, 0.3) is 0 Å². The third-order valence-electron chi connectivity index (χ3n) is 3.36. The average molecular weight is 295 g/mol. The summed E-state index contributed by atoms with van der Waals surface area (Å²) in [5, 5.41) is 11.1. The highest BCUT2D eigenvalue weighted by molar-refractivity contribution is 5.75. The molecule has 0 aliphatic heterocycles. The summed E-state index contributed by atoms with van der Waals surface area (Å²) in [6, 6.07) is 0.201. The second-order valence-corrected chi connectivity index (χ2v) is 6.09. The van der Waals surface area contributed by atoms with Gasteiger partial charge in [-0.15, -0.1) is 5.10 Å². The van der Waals surface area contributed by atoms with Gasteiger partial charge in [0.15, 0.2) is 0 Å². The molecule has 0 bridgehead atoms. The van der Waals surface area contributed by atoms with Gasteiger partial charge in [-0.25, -0.2) is 4.68 Å². The first-order valence-corrected chi connectivity index (χ1v) is 7.89. The van der Waals surface area contributed by atoms with Crippen LogP contribution >= 0.6 is 0 Å². The lowest BCUT2D eigenvalue weighted by Crippen LogP contribution is -2.35. The van der Waals surface area contributed by atoms with Crippen LogP contribution in [0.2, 0.25) is 0 Å². The van der Waals surface area contributed by atoms with Gasteiger partial charge in [0.05, 0.1) is 5.69 Å². The van der Waals surface area contributed by atoms with Gasteiger partial charge >= 0.3 is 0 Å². The maximum atomic E-state index is 11.9. The maximum absolute atomic E-state index is 11.9. The number of hydrogen-bond acceptors (Lipinski definition) is 4. The van der Waals surface area contributed by atoms with E-state index in [1.165, 1.54) is 0 Å². The molecule has 1 heterocycles. The second kappa shape index (κ2) is 9.50. The lowest BCUT2D eigenvalue weighted by atomic mass is 10.0. The largest absolute Gasteiger partial charge is 0.352 e. The van der Waals surface area contributed by atoms with Gasteiger partial charge in [-0.1, -0.05) is 19.1 Å². The topological polar surface area (TPSA) is 85.8 Å². The highest BCUT2D eigenvalue weighted by Crippen LogP contribution is 2.06. The van der Waals surface area contributed by atoms with E-state index in [9.17, 15) is 4.79 Å². The normalized spacial score (nSPS) is 12.6. The Balaban J connectivity index is 2.30. The molecule has 0 aliphatic carbocycles. The molecule has 0 saturated carbocycles. The van der Waals surface area contributed by atoms with Crippen LogP contribution in [0.4, 0.5) is 0 Å². The lowest BCUT2D eigenvalue weighted by molar-refractivity contribution is -0.122. The van der Waals surface area contributed by atoms with Crippen LogP contribution in [0.3, 0.4) is 0 Å². The predicted octanol–water partition coefficient (Wildman–Crippen LogP) is 1.50. The Morgan fingerprint density at radius 1 is 1.33 bits per heavy atom. The Morgan fingerprint density at radius 3 is 2.76 bits per heavy atom. The van der Waals surface area contributed by atoms with Crippen molar-refractivity contribution in [1.29, 1.82) is 0 Å². The number of nitrogens with one attached hydrogen (secondary N) is 1. The molecule has 0 radical (unpaired) electrons. The standard InChI is InChI=1S/C15H29N5O/c1-12(2)7-8-13(3)17-15(21)11-20-10-14(18-19-20)6-4-5-9-16/h10,12-13H,4-9,11,16H2,1-3H3,(H,17,21). The molecular weight excluding hydrogens is 266 g/mol. The minimum atomic E-state index is -0.00957. The van der Waals surface area contributed by atoms with Gasteiger partial charge in [0, 0.05) is 12.2 Å². The number of hydrogen-bond donors (Lipinski definition) is 2. The zero-order valence-corrected chi connectivity index (χ0v) is 13.5. The van der Waals surface area contributed by atoms with Crippen molar-refractivity contribution in [2.45, 2.75) is 65.5 Å². The third-order valence-corrected chi connectivity index (χ3v) is 3.36. The monoisotopic (exact) mass is 295 g/mol. The Bertz CT molecular complexity index is 416. The number of carbonyl (C=O) groups is 1. The quantitative estimate of drug-likeness (QED) is 0.641. The summed E-state index contributed by atoms with van der Waals surface area (Å²) < 4.78 is 1.60. The third kappa shape index (κ3) is 7.80. The van der Waals surface area contributed by atoms with Crippen LogP contribution in [0.1, 0.15) is 52.1 Å². The van der Waals surface area contributed by atoms with E-state index < -0.39 is 0 Å². The first-order valence-electron chi connectivity index (χ1n) is 7.89. The van der Waals surface area contributed by atoms with Crippen LogP contribution in [-0.2, 0) is 17.8 Å². The van der Waals surface area contributed by atoms with E-state index in [4.69, 9.17) is 5.73 Å². The number of carbonyl (C=O) groups excluding carboxylic acids is 1. The zero-order valence-electron chi connectivity index (χ0n) is 13.5. The lowest BCUT2D eigenvalue weighted by Gasteiger charge is -2.14. The summed E-state index contributed by atoms with van der Waals surface area (Å²) in [5.41, 5.74) is 6.38. The van der Waals surface area contributed by atoms with Crippen LogP contribution in [0.5, 0.6) is 0 Å². The van der Waals surface area contributed by atoms with E-state index in [-0.39, 0.29) is 18.5 Å².